The highest BCUT2D eigenvalue weighted by Gasteiger charge is 2.21. The van der Waals surface area contributed by atoms with E-state index in [0.29, 0.717) is 0 Å². The summed E-state index contributed by atoms with van der Waals surface area (Å²) in [5.74, 6) is -0.849. The molecule has 0 saturated heterocycles. The Labute approximate surface area is 128 Å². The molecule has 0 heterocycles. The summed E-state index contributed by atoms with van der Waals surface area (Å²) in [7, 11) is -7.60. The Hall–Kier alpha value is -1.74. The van der Waals surface area contributed by atoms with Gasteiger partial charge in [0.2, 0.25) is 9.84 Å². The van der Waals surface area contributed by atoms with Crippen molar-refractivity contribution in [1.82, 2.24) is 0 Å². The number of hydrogen-bond acceptors (Lipinski definition) is 6. The van der Waals surface area contributed by atoms with Crippen molar-refractivity contribution < 1.29 is 27.0 Å². The number of benzene rings is 2. The summed E-state index contributed by atoms with van der Waals surface area (Å²) in [5.41, 5.74) is 0. The quantitative estimate of drug-likeness (QED) is 0.771. The van der Waals surface area contributed by atoms with E-state index in [1.807, 2.05) is 0 Å². The van der Waals surface area contributed by atoms with Gasteiger partial charge in [-0.1, -0.05) is 18.2 Å². The lowest BCUT2D eigenvalue weighted by atomic mass is 10.4. The molecule has 6 nitrogen and oxygen atoms in total. The Balaban J connectivity index is 2.38. The molecule has 2 aromatic rings. The first-order valence-electron chi connectivity index (χ1n) is 6.22. The summed E-state index contributed by atoms with van der Waals surface area (Å²) >= 11 is 0. The van der Waals surface area contributed by atoms with E-state index >= 15 is 0 Å². The highest BCUT2D eigenvalue weighted by molar-refractivity contribution is 7.92. The zero-order valence-electron chi connectivity index (χ0n) is 11.3. The minimum Gasteiger partial charge on any atom is -0.367 e. The van der Waals surface area contributed by atoms with E-state index in [0.717, 1.165) is 12.1 Å². The minimum absolute atomic E-state index is 0.0396. The summed E-state index contributed by atoms with van der Waals surface area (Å²) in [6, 6.07) is 12.4. The van der Waals surface area contributed by atoms with E-state index in [2.05, 4.69) is 0 Å². The SMILES string of the molecule is O=S(=O)(CC(O)O)c1ccc(S(=O)(=O)c2ccccc2)cc1. The Morgan fingerprint density at radius 1 is 0.727 bits per heavy atom. The molecule has 2 rings (SSSR count). The number of hydrogen-bond donors (Lipinski definition) is 2. The van der Waals surface area contributed by atoms with Crippen LogP contribution in [0.3, 0.4) is 0 Å². The lowest BCUT2D eigenvalue weighted by Gasteiger charge is -2.08. The third-order valence-electron chi connectivity index (χ3n) is 2.92. The minimum atomic E-state index is -3.88. The van der Waals surface area contributed by atoms with Gasteiger partial charge in [0.15, 0.2) is 16.1 Å². The van der Waals surface area contributed by atoms with E-state index in [1.165, 1.54) is 24.3 Å². The molecule has 118 valence electrons. The standard InChI is InChI=1S/C14H14O6S2/c15-14(16)10-21(17,18)11-6-8-13(9-7-11)22(19,20)12-4-2-1-3-5-12/h1-9,14-16H,10H2. The van der Waals surface area contributed by atoms with Gasteiger partial charge in [-0.2, -0.15) is 0 Å². The fraction of sp³-hybridized carbons (Fsp3) is 0.143. The number of aliphatic hydroxyl groups excluding tert-OH is 1. The summed E-state index contributed by atoms with van der Waals surface area (Å²) in [6.07, 6.45) is -1.99. The molecule has 0 unspecified atom stereocenters. The van der Waals surface area contributed by atoms with Gasteiger partial charge >= 0.3 is 0 Å². The molecule has 0 aromatic heterocycles. The van der Waals surface area contributed by atoms with Crippen LogP contribution in [-0.2, 0) is 19.7 Å². The van der Waals surface area contributed by atoms with E-state index in [9.17, 15) is 16.8 Å². The Morgan fingerprint density at radius 3 is 1.68 bits per heavy atom. The fourth-order valence-electron chi connectivity index (χ4n) is 1.85. The molecule has 0 fully saturated rings. The van der Waals surface area contributed by atoms with Gasteiger partial charge in [-0.15, -0.1) is 0 Å². The topological polar surface area (TPSA) is 109 Å². The van der Waals surface area contributed by atoms with Crippen LogP contribution in [0.15, 0.2) is 69.3 Å². The second-order valence-corrected chi connectivity index (χ2v) is 8.53. The van der Waals surface area contributed by atoms with E-state index < -0.39 is 31.7 Å². The molecule has 0 aliphatic rings. The van der Waals surface area contributed by atoms with Gasteiger partial charge in [0.1, 0.15) is 5.75 Å². The zero-order chi connectivity index (χ0) is 16.4. The van der Waals surface area contributed by atoms with Crippen LogP contribution < -0.4 is 0 Å². The van der Waals surface area contributed by atoms with Crippen LogP contribution >= 0.6 is 0 Å². The average molecular weight is 342 g/mol. The number of sulfone groups is 2. The van der Waals surface area contributed by atoms with Crippen LogP contribution in [-0.4, -0.2) is 39.1 Å². The first-order valence-corrected chi connectivity index (χ1v) is 9.36. The summed E-state index contributed by atoms with van der Waals surface area (Å²) < 4.78 is 48.3. The lowest BCUT2D eigenvalue weighted by molar-refractivity contribution is -0.0198. The maximum Gasteiger partial charge on any atom is 0.206 e. The lowest BCUT2D eigenvalue weighted by Crippen LogP contribution is -2.20. The molecule has 0 amide bonds. The molecule has 0 radical (unpaired) electrons. The summed E-state index contributed by atoms with van der Waals surface area (Å²) in [4.78, 5) is -0.105. The molecule has 22 heavy (non-hydrogen) atoms. The molecule has 0 atom stereocenters. The molecule has 2 N–H and O–H groups in total. The Kier molecular flexibility index (Phi) is 4.66. The van der Waals surface area contributed by atoms with Gasteiger partial charge in [0, 0.05) is 0 Å². The van der Waals surface area contributed by atoms with E-state index in [1.54, 1.807) is 18.2 Å². The van der Waals surface area contributed by atoms with Gasteiger partial charge in [0.25, 0.3) is 0 Å². The predicted octanol–water partition coefficient (Wildman–Crippen LogP) is 0.604. The Bertz CT molecular complexity index is 838. The maximum atomic E-state index is 12.3. The van der Waals surface area contributed by atoms with Crippen LogP contribution in [0.2, 0.25) is 0 Å². The van der Waals surface area contributed by atoms with Gasteiger partial charge in [-0.25, -0.2) is 16.8 Å². The maximum absolute atomic E-state index is 12.3. The largest absolute Gasteiger partial charge is 0.367 e. The van der Waals surface area contributed by atoms with Crippen LogP contribution in [0.4, 0.5) is 0 Å². The molecule has 8 heteroatoms. The highest BCUT2D eigenvalue weighted by atomic mass is 32.2. The molecule has 0 aliphatic heterocycles. The monoisotopic (exact) mass is 342 g/mol. The van der Waals surface area contributed by atoms with Crippen LogP contribution in [0, 0.1) is 0 Å². The summed E-state index contributed by atoms with van der Waals surface area (Å²) in [6.45, 7) is 0. The van der Waals surface area contributed by atoms with Crippen molar-refractivity contribution in [1.29, 1.82) is 0 Å². The molecule has 0 aliphatic carbocycles. The van der Waals surface area contributed by atoms with Crippen molar-refractivity contribution in [3.05, 3.63) is 54.6 Å². The van der Waals surface area contributed by atoms with Gasteiger partial charge in [-0.05, 0) is 36.4 Å². The van der Waals surface area contributed by atoms with Crippen molar-refractivity contribution in [2.24, 2.45) is 0 Å². The van der Waals surface area contributed by atoms with Crippen molar-refractivity contribution in [3.8, 4) is 0 Å². The van der Waals surface area contributed by atoms with Gasteiger partial charge in [-0.3, -0.25) is 0 Å². The molecular weight excluding hydrogens is 328 g/mol. The van der Waals surface area contributed by atoms with Crippen molar-refractivity contribution in [2.45, 2.75) is 21.0 Å². The molecule has 0 saturated carbocycles. The predicted molar refractivity (Wildman–Crippen MR) is 78.6 cm³/mol. The molecular formula is C14H14O6S2. The van der Waals surface area contributed by atoms with Crippen LogP contribution in [0.25, 0.3) is 0 Å². The molecule has 0 bridgehead atoms. The summed E-state index contributed by atoms with van der Waals surface area (Å²) in [5, 5.41) is 17.5. The number of rotatable bonds is 5. The van der Waals surface area contributed by atoms with E-state index in [4.69, 9.17) is 10.2 Å². The fourth-order valence-corrected chi connectivity index (χ4v) is 4.27. The van der Waals surface area contributed by atoms with Gasteiger partial charge in [0.05, 0.1) is 14.7 Å². The Morgan fingerprint density at radius 2 is 1.18 bits per heavy atom. The first kappa shape index (κ1) is 16.6. The average Bonchev–Trinajstić information content (AvgIpc) is 2.47. The highest BCUT2D eigenvalue weighted by Crippen LogP contribution is 2.22. The van der Waals surface area contributed by atoms with E-state index in [-0.39, 0.29) is 14.7 Å². The van der Waals surface area contributed by atoms with Crippen molar-refractivity contribution in [3.63, 3.8) is 0 Å². The normalized spacial score (nSPS) is 12.5. The molecule has 0 spiro atoms. The smallest absolute Gasteiger partial charge is 0.206 e. The van der Waals surface area contributed by atoms with Crippen LogP contribution in [0.1, 0.15) is 0 Å². The van der Waals surface area contributed by atoms with Crippen molar-refractivity contribution >= 4 is 19.7 Å². The molecule has 2 aromatic carbocycles. The second-order valence-electron chi connectivity index (χ2n) is 4.55. The van der Waals surface area contributed by atoms with Crippen LogP contribution in [0.5, 0.6) is 0 Å². The second kappa shape index (κ2) is 6.17. The zero-order valence-corrected chi connectivity index (χ0v) is 13.0. The first-order chi connectivity index (χ1) is 10.2. The van der Waals surface area contributed by atoms with Crippen molar-refractivity contribution in [2.75, 3.05) is 5.75 Å². The van der Waals surface area contributed by atoms with Gasteiger partial charge < -0.3 is 10.2 Å². The third-order valence-corrected chi connectivity index (χ3v) is 6.43. The third kappa shape index (κ3) is 3.53. The number of aliphatic hydroxyl groups is 2.